The van der Waals surface area contributed by atoms with Gasteiger partial charge in [0.2, 0.25) is 11.8 Å². The number of para-hydroxylation sites is 1. The predicted molar refractivity (Wildman–Crippen MR) is 101 cm³/mol. The first-order chi connectivity index (χ1) is 12.7. The fourth-order valence-corrected chi connectivity index (χ4v) is 4.42. The molecule has 1 aromatic rings. The highest BCUT2D eigenvalue weighted by Gasteiger charge is 2.31. The largest absolute Gasteiger partial charge is 0.341 e. The number of hydrogen-bond acceptors (Lipinski definition) is 4. The van der Waals surface area contributed by atoms with E-state index in [1.54, 1.807) is 4.90 Å². The van der Waals surface area contributed by atoms with Crippen LogP contribution in [0, 0.1) is 0 Å². The fourth-order valence-electron chi connectivity index (χ4n) is 4.42. The molecule has 1 N–H and O–H groups in total. The Morgan fingerprint density at radius 3 is 2.77 bits per heavy atom. The maximum Gasteiger partial charge on any atom is 0.227 e. The van der Waals surface area contributed by atoms with E-state index < -0.39 is 0 Å². The van der Waals surface area contributed by atoms with Gasteiger partial charge in [-0.2, -0.15) is 0 Å². The highest BCUT2D eigenvalue weighted by atomic mass is 16.2. The number of amides is 2. The van der Waals surface area contributed by atoms with Crippen molar-refractivity contribution in [3.8, 4) is 0 Å². The summed E-state index contributed by atoms with van der Waals surface area (Å²) in [7, 11) is 0. The van der Waals surface area contributed by atoms with E-state index in [0.29, 0.717) is 25.4 Å². The molecular weight excluding hydrogens is 328 g/mol. The Labute approximate surface area is 155 Å². The summed E-state index contributed by atoms with van der Waals surface area (Å²) >= 11 is 0. The van der Waals surface area contributed by atoms with Crippen LogP contribution in [0.25, 0.3) is 0 Å². The normalized spacial score (nSPS) is 24.0. The number of likely N-dealkylation sites (tertiary alicyclic amines) is 1. The molecule has 6 heteroatoms. The molecule has 0 spiro atoms. The van der Waals surface area contributed by atoms with E-state index in [1.165, 1.54) is 5.56 Å². The lowest BCUT2D eigenvalue weighted by atomic mass is 10.0. The molecular formula is C20H28N4O2. The summed E-state index contributed by atoms with van der Waals surface area (Å²) in [6.45, 7) is 6.41. The second-order valence-corrected chi connectivity index (χ2v) is 7.49. The Balaban J connectivity index is 1.32. The van der Waals surface area contributed by atoms with Crippen molar-refractivity contribution < 1.29 is 9.59 Å². The maximum atomic E-state index is 12.7. The van der Waals surface area contributed by atoms with Crippen LogP contribution < -0.4 is 10.2 Å². The SMILES string of the molecule is O=C(CCN1C(=O)CCc2ccccc21)N1CCC(N2CCNCC2)C1. The van der Waals surface area contributed by atoms with Crippen LogP contribution in [0.2, 0.25) is 0 Å². The molecule has 1 atom stereocenters. The Kier molecular flexibility index (Phi) is 5.22. The number of anilines is 1. The van der Waals surface area contributed by atoms with Crippen molar-refractivity contribution in [1.82, 2.24) is 15.1 Å². The number of nitrogens with zero attached hydrogens (tertiary/aromatic N) is 3. The number of rotatable bonds is 4. The van der Waals surface area contributed by atoms with Gasteiger partial charge in [0.1, 0.15) is 0 Å². The zero-order valence-electron chi connectivity index (χ0n) is 15.3. The maximum absolute atomic E-state index is 12.7. The van der Waals surface area contributed by atoms with Gasteiger partial charge in [-0.3, -0.25) is 14.5 Å². The molecule has 1 unspecified atom stereocenters. The second-order valence-electron chi connectivity index (χ2n) is 7.49. The van der Waals surface area contributed by atoms with Gasteiger partial charge < -0.3 is 15.1 Å². The first-order valence-corrected chi connectivity index (χ1v) is 9.83. The summed E-state index contributed by atoms with van der Waals surface area (Å²) in [6.07, 6.45) is 2.82. The van der Waals surface area contributed by atoms with Gasteiger partial charge in [-0.25, -0.2) is 0 Å². The van der Waals surface area contributed by atoms with Crippen LogP contribution in [0.4, 0.5) is 5.69 Å². The summed E-state index contributed by atoms with van der Waals surface area (Å²) < 4.78 is 0. The molecule has 3 aliphatic heterocycles. The number of nitrogens with one attached hydrogen (secondary N) is 1. The van der Waals surface area contributed by atoms with Crippen LogP contribution in [0.15, 0.2) is 24.3 Å². The minimum absolute atomic E-state index is 0.136. The molecule has 140 valence electrons. The van der Waals surface area contributed by atoms with Gasteiger partial charge in [-0.15, -0.1) is 0 Å². The molecule has 0 aliphatic carbocycles. The van der Waals surface area contributed by atoms with Crippen molar-refractivity contribution in [2.75, 3.05) is 50.7 Å². The van der Waals surface area contributed by atoms with Gasteiger partial charge in [-0.1, -0.05) is 18.2 Å². The smallest absolute Gasteiger partial charge is 0.227 e. The number of piperazine rings is 1. The van der Waals surface area contributed by atoms with Crippen LogP contribution in [-0.4, -0.2) is 73.5 Å². The van der Waals surface area contributed by atoms with Crippen molar-refractivity contribution in [1.29, 1.82) is 0 Å². The zero-order valence-corrected chi connectivity index (χ0v) is 15.3. The zero-order chi connectivity index (χ0) is 17.9. The molecule has 3 aliphatic rings. The molecule has 0 saturated carbocycles. The van der Waals surface area contributed by atoms with Crippen molar-refractivity contribution in [3.05, 3.63) is 29.8 Å². The summed E-state index contributed by atoms with van der Waals surface area (Å²) in [5.74, 6) is 0.315. The average molecular weight is 356 g/mol. The Morgan fingerprint density at radius 2 is 1.92 bits per heavy atom. The van der Waals surface area contributed by atoms with E-state index in [0.717, 1.165) is 57.8 Å². The standard InChI is InChI=1S/C20H28N4O2/c25-19(23-11-7-17(15-23)22-13-9-21-10-14-22)8-12-24-18-4-2-1-3-16(18)5-6-20(24)26/h1-4,17,21H,5-15H2. The number of aryl methyl sites for hydroxylation is 1. The minimum Gasteiger partial charge on any atom is -0.341 e. The average Bonchev–Trinajstić information content (AvgIpc) is 3.18. The van der Waals surface area contributed by atoms with Crippen molar-refractivity contribution >= 4 is 17.5 Å². The lowest BCUT2D eigenvalue weighted by molar-refractivity contribution is -0.130. The lowest BCUT2D eigenvalue weighted by Gasteiger charge is -2.32. The van der Waals surface area contributed by atoms with Crippen molar-refractivity contribution in [2.45, 2.75) is 31.7 Å². The van der Waals surface area contributed by atoms with Crippen molar-refractivity contribution in [3.63, 3.8) is 0 Å². The summed E-state index contributed by atoms with van der Waals surface area (Å²) in [4.78, 5) is 31.3. The molecule has 2 amide bonds. The van der Waals surface area contributed by atoms with Gasteiger partial charge in [0.25, 0.3) is 0 Å². The summed E-state index contributed by atoms with van der Waals surface area (Å²) in [5, 5.41) is 3.38. The van der Waals surface area contributed by atoms with Crippen LogP contribution in [-0.2, 0) is 16.0 Å². The number of fused-ring (bicyclic) bond motifs is 1. The van der Waals surface area contributed by atoms with Gasteiger partial charge in [0, 0.05) is 70.4 Å². The lowest BCUT2D eigenvalue weighted by Crippen LogP contribution is -2.49. The minimum atomic E-state index is 0.136. The molecule has 0 aromatic heterocycles. The van der Waals surface area contributed by atoms with E-state index in [-0.39, 0.29) is 11.8 Å². The number of carbonyl (C=O) groups excluding carboxylic acids is 2. The first kappa shape index (κ1) is 17.5. The van der Waals surface area contributed by atoms with E-state index >= 15 is 0 Å². The number of hydrogen-bond donors (Lipinski definition) is 1. The third-order valence-electron chi connectivity index (χ3n) is 5.93. The first-order valence-electron chi connectivity index (χ1n) is 9.83. The molecule has 26 heavy (non-hydrogen) atoms. The number of benzene rings is 1. The van der Waals surface area contributed by atoms with E-state index in [1.807, 2.05) is 23.1 Å². The van der Waals surface area contributed by atoms with Crippen LogP contribution in [0.3, 0.4) is 0 Å². The molecule has 0 radical (unpaired) electrons. The highest BCUT2D eigenvalue weighted by molar-refractivity contribution is 5.97. The van der Waals surface area contributed by atoms with Crippen LogP contribution in [0.1, 0.15) is 24.8 Å². The predicted octanol–water partition coefficient (Wildman–Crippen LogP) is 0.862. The van der Waals surface area contributed by atoms with Gasteiger partial charge in [-0.05, 0) is 24.5 Å². The second kappa shape index (κ2) is 7.76. The van der Waals surface area contributed by atoms with Crippen LogP contribution >= 0.6 is 0 Å². The molecule has 0 bridgehead atoms. The van der Waals surface area contributed by atoms with E-state index in [4.69, 9.17) is 0 Å². The quantitative estimate of drug-likeness (QED) is 0.870. The third kappa shape index (κ3) is 3.62. The highest BCUT2D eigenvalue weighted by Crippen LogP contribution is 2.27. The fraction of sp³-hybridized carbons (Fsp3) is 0.600. The summed E-state index contributed by atoms with van der Waals surface area (Å²) in [5.41, 5.74) is 2.19. The summed E-state index contributed by atoms with van der Waals surface area (Å²) in [6, 6.07) is 8.55. The topological polar surface area (TPSA) is 55.9 Å². The number of carbonyl (C=O) groups is 2. The van der Waals surface area contributed by atoms with Crippen molar-refractivity contribution in [2.24, 2.45) is 0 Å². The van der Waals surface area contributed by atoms with Crippen LogP contribution in [0.5, 0.6) is 0 Å². The molecule has 4 rings (SSSR count). The van der Waals surface area contributed by atoms with E-state index in [9.17, 15) is 9.59 Å². The van der Waals surface area contributed by atoms with Gasteiger partial charge in [0.15, 0.2) is 0 Å². The molecule has 6 nitrogen and oxygen atoms in total. The Bertz CT molecular complexity index is 672. The Hall–Kier alpha value is -1.92. The molecule has 2 fully saturated rings. The van der Waals surface area contributed by atoms with Gasteiger partial charge >= 0.3 is 0 Å². The molecule has 3 heterocycles. The molecule has 2 saturated heterocycles. The monoisotopic (exact) mass is 356 g/mol. The van der Waals surface area contributed by atoms with Gasteiger partial charge in [0.05, 0.1) is 0 Å². The Morgan fingerprint density at radius 1 is 1.12 bits per heavy atom. The third-order valence-corrected chi connectivity index (χ3v) is 5.93. The van der Waals surface area contributed by atoms with E-state index in [2.05, 4.69) is 16.3 Å². The molecule has 1 aromatic carbocycles.